The van der Waals surface area contributed by atoms with Crippen LogP contribution in [0.2, 0.25) is 0 Å². The molecule has 0 aromatic heterocycles. The van der Waals surface area contributed by atoms with Crippen LogP contribution in [0.5, 0.6) is 5.75 Å². The summed E-state index contributed by atoms with van der Waals surface area (Å²) in [6.45, 7) is 1.67. The fourth-order valence-electron chi connectivity index (χ4n) is 1.14. The minimum absolute atomic E-state index is 0.0636. The quantitative estimate of drug-likeness (QED) is 0.636. The van der Waals surface area contributed by atoms with Crippen molar-refractivity contribution in [3.8, 4) is 5.75 Å². The molecule has 6 nitrogen and oxygen atoms in total. The molecular weight excluding hydrogens is 240 g/mol. The molecule has 1 N–H and O–H groups in total. The van der Waals surface area contributed by atoms with Crippen LogP contribution in [-0.4, -0.2) is 37.1 Å². The topological polar surface area (TPSA) is 82.1 Å². The van der Waals surface area contributed by atoms with Gasteiger partial charge in [0.2, 0.25) is 0 Å². The summed E-state index contributed by atoms with van der Waals surface area (Å²) in [4.78, 5) is 22.3. The van der Waals surface area contributed by atoms with E-state index in [0.717, 1.165) is 0 Å². The van der Waals surface area contributed by atoms with Crippen LogP contribution in [0.1, 0.15) is 17.3 Å². The van der Waals surface area contributed by atoms with Crippen LogP contribution in [0.15, 0.2) is 24.3 Å². The molecule has 18 heavy (non-hydrogen) atoms. The smallest absolute Gasteiger partial charge is 0.507 e. The van der Waals surface area contributed by atoms with Crippen molar-refractivity contribution in [2.45, 2.75) is 6.92 Å². The molecule has 0 amide bonds. The van der Waals surface area contributed by atoms with Crippen molar-refractivity contribution < 1.29 is 28.9 Å². The molecule has 0 atom stereocenters. The Bertz CT molecular complexity index is 415. The van der Waals surface area contributed by atoms with Gasteiger partial charge < -0.3 is 19.3 Å². The van der Waals surface area contributed by atoms with E-state index in [-0.39, 0.29) is 31.1 Å². The van der Waals surface area contributed by atoms with Crippen molar-refractivity contribution in [2.75, 3.05) is 19.8 Å². The van der Waals surface area contributed by atoms with Gasteiger partial charge in [0, 0.05) is 0 Å². The molecule has 0 aliphatic rings. The molecule has 0 radical (unpaired) electrons. The number of hydrogen-bond acceptors (Lipinski definition) is 6. The second-order valence-corrected chi connectivity index (χ2v) is 3.18. The molecule has 1 rings (SSSR count). The van der Waals surface area contributed by atoms with Crippen LogP contribution in [0.4, 0.5) is 4.79 Å². The fraction of sp³-hybridized carbons (Fsp3) is 0.333. The van der Waals surface area contributed by atoms with Gasteiger partial charge in [-0.15, -0.1) is 0 Å². The van der Waals surface area contributed by atoms with Gasteiger partial charge in [-0.2, -0.15) is 0 Å². The Labute approximate surface area is 104 Å². The highest BCUT2D eigenvalue weighted by atomic mass is 16.7. The standard InChI is InChI=1S/C12H14O6/c1-2-16-12(15)18-8-7-17-11(14)9-5-3-4-6-10(9)13/h3-6,13H,2,7-8H2,1H3. The van der Waals surface area contributed by atoms with Gasteiger partial charge in [0.1, 0.15) is 24.5 Å². The molecule has 0 saturated heterocycles. The molecule has 1 aromatic carbocycles. The largest absolute Gasteiger partial charge is 0.508 e. The zero-order valence-corrected chi connectivity index (χ0v) is 9.92. The maximum atomic E-state index is 11.5. The lowest BCUT2D eigenvalue weighted by Crippen LogP contribution is -2.14. The summed E-state index contributed by atoms with van der Waals surface area (Å²) in [6.07, 6.45) is -0.809. The Morgan fingerprint density at radius 3 is 2.44 bits per heavy atom. The number of rotatable bonds is 5. The van der Waals surface area contributed by atoms with Gasteiger partial charge in [0.25, 0.3) is 0 Å². The summed E-state index contributed by atoms with van der Waals surface area (Å²) < 4.78 is 13.9. The third-order valence-electron chi connectivity index (χ3n) is 1.92. The second-order valence-electron chi connectivity index (χ2n) is 3.18. The van der Waals surface area contributed by atoms with E-state index in [9.17, 15) is 14.7 Å². The number of esters is 1. The van der Waals surface area contributed by atoms with Gasteiger partial charge in [0.15, 0.2) is 0 Å². The Balaban J connectivity index is 2.30. The molecule has 0 aliphatic carbocycles. The molecule has 0 heterocycles. The van der Waals surface area contributed by atoms with E-state index in [1.165, 1.54) is 12.1 Å². The zero-order chi connectivity index (χ0) is 13.4. The van der Waals surface area contributed by atoms with Gasteiger partial charge in [-0.3, -0.25) is 0 Å². The Morgan fingerprint density at radius 1 is 1.11 bits per heavy atom. The summed E-state index contributed by atoms with van der Waals surface area (Å²) in [7, 11) is 0. The van der Waals surface area contributed by atoms with Gasteiger partial charge >= 0.3 is 12.1 Å². The first-order chi connectivity index (χ1) is 8.65. The van der Waals surface area contributed by atoms with Gasteiger partial charge in [-0.25, -0.2) is 9.59 Å². The number of phenolic OH excluding ortho intramolecular Hbond substituents is 1. The lowest BCUT2D eigenvalue weighted by atomic mass is 10.2. The Hall–Kier alpha value is -2.24. The average Bonchev–Trinajstić information content (AvgIpc) is 2.35. The van der Waals surface area contributed by atoms with Gasteiger partial charge in [-0.1, -0.05) is 12.1 Å². The third kappa shape index (κ3) is 4.32. The van der Waals surface area contributed by atoms with E-state index in [0.29, 0.717) is 0 Å². The number of benzene rings is 1. The van der Waals surface area contributed by atoms with Gasteiger partial charge in [-0.05, 0) is 19.1 Å². The van der Waals surface area contributed by atoms with Gasteiger partial charge in [0.05, 0.1) is 6.61 Å². The first-order valence-electron chi connectivity index (χ1n) is 5.39. The van der Waals surface area contributed by atoms with Crippen LogP contribution in [0.3, 0.4) is 0 Å². The number of ether oxygens (including phenoxy) is 3. The summed E-state index contributed by atoms with van der Waals surface area (Å²) in [5, 5.41) is 9.39. The highest BCUT2D eigenvalue weighted by molar-refractivity contribution is 5.92. The number of carbonyl (C=O) groups excluding carboxylic acids is 2. The number of carbonyl (C=O) groups is 2. The predicted molar refractivity (Wildman–Crippen MR) is 61.4 cm³/mol. The highest BCUT2D eigenvalue weighted by Gasteiger charge is 2.11. The maximum absolute atomic E-state index is 11.5. The first-order valence-corrected chi connectivity index (χ1v) is 5.39. The van der Waals surface area contributed by atoms with Crippen LogP contribution in [0.25, 0.3) is 0 Å². The molecule has 6 heteroatoms. The zero-order valence-electron chi connectivity index (χ0n) is 9.92. The minimum atomic E-state index is -0.809. The summed E-state index contributed by atoms with van der Waals surface area (Å²) in [5.41, 5.74) is 0.0636. The van der Waals surface area contributed by atoms with E-state index in [4.69, 9.17) is 4.74 Å². The summed E-state index contributed by atoms with van der Waals surface area (Å²) in [6, 6.07) is 6.01. The number of para-hydroxylation sites is 1. The van der Waals surface area contributed by atoms with Crippen molar-refractivity contribution in [3.63, 3.8) is 0 Å². The fourth-order valence-corrected chi connectivity index (χ4v) is 1.14. The Morgan fingerprint density at radius 2 is 1.78 bits per heavy atom. The lowest BCUT2D eigenvalue weighted by molar-refractivity contribution is 0.0241. The summed E-state index contributed by atoms with van der Waals surface area (Å²) >= 11 is 0. The van der Waals surface area contributed by atoms with Crippen molar-refractivity contribution in [1.82, 2.24) is 0 Å². The van der Waals surface area contributed by atoms with Crippen LogP contribution in [-0.2, 0) is 14.2 Å². The molecule has 0 aliphatic heterocycles. The normalized spacial score (nSPS) is 9.61. The molecule has 0 bridgehead atoms. The minimum Gasteiger partial charge on any atom is -0.507 e. The summed E-state index contributed by atoms with van der Waals surface area (Å²) in [5.74, 6) is -0.839. The maximum Gasteiger partial charge on any atom is 0.508 e. The van der Waals surface area contributed by atoms with E-state index in [1.54, 1.807) is 19.1 Å². The highest BCUT2D eigenvalue weighted by Crippen LogP contribution is 2.16. The first kappa shape index (κ1) is 13.8. The molecule has 0 unspecified atom stereocenters. The van der Waals surface area contributed by atoms with Crippen molar-refractivity contribution in [1.29, 1.82) is 0 Å². The number of hydrogen-bond donors (Lipinski definition) is 1. The van der Waals surface area contributed by atoms with Crippen LogP contribution < -0.4 is 0 Å². The molecule has 0 spiro atoms. The molecular formula is C12H14O6. The second kappa shape index (κ2) is 7.16. The van der Waals surface area contributed by atoms with Crippen LogP contribution >= 0.6 is 0 Å². The van der Waals surface area contributed by atoms with E-state index in [1.807, 2.05) is 0 Å². The van der Waals surface area contributed by atoms with Crippen LogP contribution in [0, 0.1) is 0 Å². The molecule has 98 valence electrons. The number of aromatic hydroxyl groups is 1. The third-order valence-corrected chi connectivity index (χ3v) is 1.92. The molecule has 1 aromatic rings. The predicted octanol–water partition coefficient (Wildman–Crippen LogP) is 1.72. The monoisotopic (exact) mass is 254 g/mol. The SMILES string of the molecule is CCOC(=O)OCCOC(=O)c1ccccc1O. The van der Waals surface area contributed by atoms with Crippen molar-refractivity contribution in [3.05, 3.63) is 29.8 Å². The van der Waals surface area contributed by atoms with E-state index < -0.39 is 12.1 Å². The van der Waals surface area contributed by atoms with Crippen molar-refractivity contribution in [2.24, 2.45) is 0 Å². The van der Waals surface area contributed by atoms with Crippen molar-refractivity contribution >= 4 is 12.1 Å². The Kier molecular flexibility index (Phi) is 5.50. The molecule has 0 fully saturated rings. The number of phenols is 1. The van der Waals surface area contributed by atoms with E-state index >= 15 is 0 Å². The average molecular weight is 254 g/mol. The lowest BCUT2D eigenvalue weighted by Gasteiger charge is -2.06. The van der Waals surface area contributed by atoms with E-state index in [2.05, 4.69) is 9.47 Å². The molecule has 0 saturated carbocycles.